The maximum Gasteiger partial charge on any atom is 0.0629 e. The molecule has 0 aliphatic carbocycles. The summed E-state index contributed by atoms with van der Waals surface area (Å²) >= 11 is 0. The Morgan fingerprint density at radius 1 is 0.295 bits per heavy atom. The lowest BCUT2D eigenvalue weighted by molar-refractivity contribution is 1.59. The second-order valence-corrected chi connectivity index (χ2v) is 11.4. The molecule has 0 spiro atoms. The summed E-state index contributed by atoms with van der Waals surface area (Å²) in [6.07, 6.45) is 0. The summed E-state index contributed by atoms with van der Waals surface area (Å²) in [4.78, 5) is 0. The van der Waals surface area contributed by atoms with Crippen molar-refractivity contribution in [3.05, 3.63) is 158 Å². The van der Waals surface area contributed by atoms with E-state index in [-0.39, 0.29) is 52.5 Å². The summed E-state index contributed by atoms with van der Waals surface area (Å²) in [5.74, 6) is 0. The van der Waals surface area contributed by atoms with E-state index >= 15 is 0 Å². The molecule has 0 unspecified atom stereocenters. The van der Waals surface area contributed by atoms with Gasteiger partial charge in [0.05, 0.1) is 11.0 Å². The lowest BCUT2D eigenvalue weighted by Crippen LogP contribution is -1.90. The summed E-state index contributed by atoms with van der Waals surface area (Å²) in [7, 11) is 0. The lowest BCUT2D eigenvalue weighted by Gasteiger charge is -2.17. The van der Waals surface area contributed by atoms with Gasteiger partial charge in [-0.05, 0) is 98.0 Å². The predicted molar refractivity (Wildman–Crippen MR) is 190 cm³/mol. The average molecular weight is 563 g/mol. The third kappa shape index (κ3) is 3.28. The largest absolute Gasteiger partial charge is 0.0629 e. The van der Waals surface area contributed by atoms with Gasteiger partial charge in [-0.25, -0.2) is 0 Å². The van der Waals surface area contributed by atoms with Crippen LogP contribution in [0, 0.1) is 0 Å². The summed E-state index contributed by atoms with van der Waals surface area (Å²) < 4.78 is 73.3. The molecule has 0 aliphatic heterocycles. The molecule has 0 radical (unpaired) electrons. The van der Waals surface area contributed by atoms with Gasteiger partial charge in [-0.2, -0.15) is 0 Å². The van der Waals surface area contributed by atoms with E-state index in [1.807, 2.05) is 78.9 Å². The molecule has 0 saturated heterocycles. The van der Waals surface area contributed by atoms with E-state index in [1.54, 1.807) is 0 Å². The molecule has 0 fully saturated rings. The van der Waals surface area contributed by atoms with Crippen molar-refractivity contribution in [2.75, 3.05) is 0 Å². The topological polar surface area (TPSA) is 0 Å². The van der Waals surface area contributed by atoms with E-state index in [4.69, 9.17) is 2.74 Å². The van der Waals surface area contributed by atoms with Crippen molar-refractivity contribution in [3.63, 3.8) is 0 Å². The van der Waals surface area contributed by atoms with E-state index < -0.39 is 18.1 Å². The SMILES string of the molecule is [2H]c1c([2H])c([2H])c(-c2ccc3ccc4cccc5ccc2c3c45)c(-c2c([2H])c([2H])c(-c3ccc4ccc5cccc6ccc3c4c56)c([2H])c2[2H])c1[2H]. The molecule has 0 aromatic heterocycles. The molecule has 10 rings (SSSR count). The van der Waals surface area contributed by atoms with Crippen LogP contribution in [0.2, 0.25) is 0 Å². The zero-order valence-corrected chi connectivity index (χ0v) is 23.4. The van der Waals surface area contributed by atoms with Gasteiger partial charge in [0.1, 0.15) is 0 Å². The van der Waals surface area contributed by atoms with Crippen molar-refractivity contribution in [3.8, 4) is 33.4 Å². The molecule has 0 N–H and O–H groups in total. The summed E-state index contributed by atoms with van der Waals surface area (Å²) in [5, 5.41) is 11.9. The molecule has 0 aliphatic rings. The normalized spacial score (nSPS) is 14.6. The Labute approximate surface area is 266 Å². The second kappa shape index (κ2) is 8.89. The molecule has 202 valence electrons. The number of rotatable bonds is 3. The van der Waals surface area contributed by atoms with Crippen LogP contribution >= 0.6 is 0 Å². The molecule has 10 aromatic rings. The molecule has 10 aromatic carbocycles. The average Bonchev–Trinajstić information content (AvgIpc) is 3.17. The molecular formula is C44H26. The van der Waals surface area contributed by atoms with Gasteiger partial charge < -0.3 is 0 Å². The van der Waals surface area contributed by atoms with Gasteiger partial charge in [0.25, 0.3) is 0 Å². The molecule has 0 atom stereocenters. The predicted octanol–water partition coefficient (Wildman–Crippen LogP) is 12.5. The zero-order valence-electron chi connectivity index (χ0n) is 31.4. The van der Waals surface area contributed by atoms with Gasteiger partial charge in [0.15, 0.2) is 0 Å². The molecular weight excluding hydrogens is 528 g/mol. The van der Waals surface area contributed by atoms with Crippen molar-refractivity contribution in [2.45, 2.75) is 0 Å². The number of benzene rings is 10. The monoisotopic (exact) mass is 562 g/mol. The van der Waals surface area contributed by atoms with Crippen LogP contribution in [0.4, 0.5) is 0 Å². The Balaban J connectivity index is 1.28. The van der Waals surface area contributed by atoms with Gasteiger partial charge >= 0.3 is 0 Å². The highest BCUT2D eigenvalue weighted by molar-refractivity contribution is 6.27. The zero-order chi connectivity index (χ0) is 35.7. The quantitative estimate of drug-likeness (QED) is 0.188. The van der Waals surface area contributed by atoms with Crippen LogP contribution in [0.5, 0.6) is 0 Å². The van der Waals surface area contributed by atoms with Crippen molar-refractivity contribution >= 4 is 64.6 Å². The Morgan fingerprint density at radius 3 is 1.23 bits per heavy atom. The molecule has 0 amide bonds. The first kappa shape index (κ1) is 17.4. The standard InChI is InChI=1S/C44H26/c1-2-10-37(38-24-20-34-18-16-30-6-4-8-32-22-26-40(38)44(34)42(30)32)35(9-1)27-11-13-28(14-12-27)36-23-19-33-17-15-29-5-3-7-31-21-25-39(36)43(33)41(29)31/h1-26H/i1D,2D,9D,10D,11D,12D,13D,14D. The first-order valence-electron chi connectivity index (χ1n) is 18.7. The van der Waals surface area contributed by atoms with Gasteiger partial charge in [0.2, 0.25) is 0 Å². The van der Waals surface area contributed by atoms with Crippen LogP contribution in [0.1, 0.15) is 11.0 Å². The highest BCUT2D eigenvalue weighted by Crippen LogP contribution is 2.43. The molecule has 0 heterocycles. The fraction of sp³-hybridized carbons (Fsp3) is 0. The summed E-state index contributed by atoms with van der Waals surface area (Å²) in [5.41, 5.74) is 1.16. The fourth-order valence-electron chi connectivity index (χ4n) is 7.18. The smallest absolute Gasteiger partial charge is 0.0616 e. The van der Waals surface area contributed by atoms with Crippen molar-refractivity contribution in [2.24, 2.45) is 0 Å². The van der Waals surface area contributed by atoms with Gasteiger partial charge in [-0.3, -0.25) is 0 Å². The Kier molecular flexibility index (Phi) is 3.52. The van der Waals surface area contributed by atoms with Crippen LogP contribution in [0.25, 0.3) is 98.0 Å². The Hall–Kier alpha value is -5.72. The first-order valence-corrected chi connectivity index (χ1v) is 14.7. The highest BCUT2D eigenvalue weighted by Gasteiger charge is 2.16. The minimum absolute atomic E-state index is 0.0556. The molecule has 0 heteroatoms. The van der Waals surface area contributed by atoms with Gasteiger partial charge in [-0.1, -0.05) is 158 Å². The van der Waals surface area contributed by atoms with E-state index in [1.165, 1.54) is 0 Å². The molecule has 0 nitrogen and oxygen atoms in total. The fourth-order valence-corrected chi connectivity index (χ4v) is 7.18. The Bertz CT molecular complexity index is 3100. The van der Waals surface area contributed by atoms with Gasteiger partial charge in [-0.15, -0.1) is 0 Å². The van der Waals surface area contributed by atoms with Crippen LogP contribution in [0.3, 0.4) is 0 Å². The lowest BCUT2D eigenvalue weighted by atomic mass is 9.87. The maximum atomic E-state index is 9.42. The Morgan fingerprint density at radius 2 is 0.682 bits per heavy atom. The van der Waals surface area contributed by atoms with Crippen LogP contribution in [-0.4, -0.2) is 0 Å². The third-order valence-electron chi connectivity index (χ3n) is 9.16. The van der Waals surface area contributed by atoms with Crippen LogP contribution in [-0.2, 0) is 0 Å². The molecule has 44 heavy (non-hydrogen) atoms. The molecule has 0 bridgehead atoms. The number of hydrogen-bond donors (Lipinski definition) is 0. The summed E-state index contributed by atoms with van der Waals surface area (Å²) in [6.45, 7) is 0. The molecule has 0 saturated carbocycles. The minimum atomic E-state index is -0.505. The van der Waals surface area contributed by atoms with E-state index in [9.17, 15) is 8.22 Å². The van der Waals surface area contributed by atoms with Crippen molar-refractivity contribution in [1.29, 1.82) is 0 Å². The second-order valence-electron chi connectivity index (χ2n) is 11.4. The van der Waals surface area contributed by atoms with Gasteiger partial charge in [0, 0.05) is 0 Å². The van der Waals surface area contributed by atoms with E-state index in [0.717, 1.165) is 64.6 Å². The van der Waals surface area contributed by atoms with Crippen molar-refractivity contribution in [1.82, 2.24) is 0 Å². The van der Waals surface area contributed by atoms with Crippen LogP contribution in [0.15, 0.2) is 158 Å². The van der Waals surface area contributed by atoms with Crippen LogP contribution < -0.4 is 0 Å². The van der Waals surface area contributed by atoms with E-state index in [0.29, 0.717) is 11.1 Å². The third-order valence-corrected chi connectivity index (χ3v) is 9.16. The van der Waals surface area contributed by atoms with E-state index in [2.05, 4.69) is 30.3 Å². The highest BCUT2D eigenvalue weighted by atomic mass is 14.2. The number of hydrogen-bond acceptors (Lipinski definition) is 0. The maximum absolute atomic E-state index is 9.42. The first-order chi connectivity index (χ1) is 25.2. The van der Waals surface area contributed by atoms with Crippen molar-refractivity contribution < 1.29 is 11.0 Å². The minimum Gasteiger partial charge on any atom is -0.0616 e. The summed E-state index contributed by atoms with van der Waals surface area (Å²) in [6, 6.07) is 33.0.